The zero-order valence-corrected chi connectivity index (χ0v) is 13.0. The summed E-state index contributed by atoms with van der Waals surface area (Å²) in [5, 5.41) is 9.46. The smallest absolute Gasteiger partial charge is 0.407 e. The van der Waals surface area contributed by atoms with Crippen LogP contribution in [0.4, 0.5) is 13.6 Å². The summed E-state index contributed by atoms with van der Waals surface area (Å²) in [5.41, 5.74) is 0.771. The number of amides is 1. The first-order valence-electron chi connectivity index (χ1n) is 6.92. The Morgan fingerprint density at radius 2 is 1.91 bits per heavy atom. The van der Waals surface area contributed by atoms with Crippen molar-refractivity contribution in [3.05, 3.63) is 35.7 Å². The van der Waals surface area contributed by atoms with Crippen molar-refractivity contribution < 1.29 is 22.7 Å². The third-order valence-electron chi connectivity index (χ3n) is 2.66. The monoisotopic (exact) mass is 325 g/mol. The molecule has 2 aromatic rings. The Morgan fingerprint density at radius 1 is 1.26 bits per heavy atom. The van der Waals surface area contributed by atoms with Crippen LogP contribution in [-0.2, 0) is 11.3 Å². The first-order valence-corrected chi connectivity index (χ1v) is 6.92. The van der Waals surface area contributed by atoms with E-state index < -0.39 is 24.0 Å². The molecule has 0 saturated carbocycles. The quantitative estimate of drug-likeness (QED) is 0.927. The molecule has 0 unspecified atom stereocenters. The van der Waals surface area contributed by atoms with Crippen LogP contribution in [0, 0.1) is 0 Å². The van der Waals surface area contributed by atoms with Gasteiger partial charge in [0.25, 0.3) is 5.89 Å². The molecule has 0 spiro atoms. The van der Waals surface area contributed by atoms with Crippen molar-refractivity contribution in [2.45, 2.75) is 39.3 Å². The van der Waals surface area contributed by atoms with Gasteiger partial charge in [-0.2, -0.15) is 8.78 Å². The standard InChI is InChI=1S/C15H17F2N3O3/c1-15(2,3)23-14(21)18-8-9-4-6-10(7-5-9)12-19-20-13(22-12)11(16)17/h4-7,11H,8H2,1-3H3,(H,18,21). The van der Waals surface area contributed by atoms with Gasteiger partial charge in [0.2, 0.25) is 5.89 Å². The molecule has 0 atom stereocenters. The average Bonchev–Trinajstić information content (AvgIpc) is 2.94. The Labute approximate surface area is 131 Å². The summed E-state index contributed by atoms with van der Waals surface area (Å²) in [6, 6.07) is 6.74. The molecule has 1 heterocycles. The lowest BCUT2D eigenvalue weighted by Gasteiger charge is -2.19. The van der Waals surface area contributed by atoms with Gasteiger partial charge < -0.3 is 14.5 Å². The molecule has 8 heteroatoms. The summed E-state index contributed by atoms with van der Waals surface area (Å²) in [5.74, 6) is -0.692. The molecule has 23 heavy (non-hydrogen) atoms. The van der Waals surface area contributed by atoms with E-state index in [0.29, 0.717) is 5.56 Å². The molecule has 0 aliphatic heterocycles. The second kappa shape index (κ2) is 6.72. The number of aromatic nitrogens is 2. The van der Waals surface area contributed by atoms with Crippen molar-refractivity contribution in [1.29, 1.82) is 0 Å². The lowest BCUT2D eigenvalue weighted by Crippen LogP contribution is -2.32. The van der Waals surface area contributed by atoms with E-state index in [9.17, 15) is 13.6 Å². The van der Waals surface area contributed by atoms with Crippen molar-refractivity contribution in [1.82, 2.24) is 15.5 Å². The minimum atomic E-state index is -2.80. The number of ether oxygens (including phenoxy) is 1. The predicted octanol–water partition coefficient (Wildman–Crippen LogP) is 3.70. The number of carbonyl (C=O) groups is 1. The van der Waals surface area contributed by atoms with Crippen LogP contribution in [-0.4, -0.2) is 21.9 Å². The molecular weight excluding hydrogens is 308 g/mol. The van der Waals surface area contributed by atoms with Gasteiger partial charge >= 0.3 is 12.5 Å². The lowest BCUT2D eigenvalue weighted by molar-refractivity contribution is 0.0523. The highest BCUT2D eigenvalue weighted by molar-refractivity contribution is 5.67. The van der Waals surface area contributed by atoms with Gasteiger partial charge in [0, 0.05) is 12.1 Å². The zero-order chi connectivity index (χ0) is 17.0. The maximum atomic E-state index is 12.4. The van der Waals surface area contributed by atoms with Crippen molar-refractivity contribution in [2.75, 3.05) is 0 Å². The van der Waals surface area contributed by atoms with Gasteiger partial charge in [0.05, 0.1) is 0 Å². The number of hydrogen-bond acceptors (Lipinski definition) is 5. The number of nitrogens with zero attached hydrogens (tertiary/aromatic N) is 2. The van der Waals surface area contributed by atoms with Crippen molar-refractivity contribution in [2.24, 2.45) is 0 Å². The second-order valence-corrected chi connectivity index (χ2v) is 5.80. The Bertz CT molecular complexity index is 663. The number of alkyl carbamates (subject to hydrolysis) is 1. The highest BCUT2D eigenvalue weighted by Crippen LogP contribution is 2.23. The first kappa shape index (κ1) is 16.9. The number of alkyl halides is 2. The Kier molecular flexibility index (Phi) is 4.92. The van der Waals surface area contributed by atoms with Crippen LogP contribution in [0.1, 0.15) is 38.7 Å². The Hall–Kier alpha value is -2.51. The van der Waals surface area contributed by atoms with Crippen molar-refractivity contribution >= 4 is 6.09 Å². The van der Waals surface area contributed by atoms with Gasteiger partial charge in [-0.05, 0) is 38.5 Å². The fourth-order valence-corrected chi connectivity index (χ4v) is 1.69. The van der Waals surface area contributed by atoms with E-state index in [4.69, 9.17) is 9.15 Å². The van der Waals surface area contributed by atoms with Gasteiger partial charge in [-0.3, -0.25) is 0 Å². The molecule has 0 fully saturated rings. The van der Waals surface area contributed by atoms with E-state index in [1.165, 1.54) is 0 Å². The fraction of sp³-hybridized carbons (Fsp3) is 0.400. The minimum Gasteiger partial charge on any atom is -0.444 e. The molecule has 1 N–H and O–H groups in total. The predicted molar refractivity (Wildman–Crippen MR) is 77.8 cm³/mol. The maximum absolute atomic E-state index is 12.4. The molecule has 0 aliphatic rings. The van der Waals surface area contributed by atoms with Crippen LogP contribution >= 0.6 is 0 Å². The molecule has 0 saturated heterocycles. The van der Waals surface area contributed by atoms with Crippen molar-refractivity contribution in [3.63, 3.8) is 0 Å². The largest absolute Gasteiger partial charge is 0.444 e. The van der Waals surface area contributed by atoms with Crippen LogP contribution in [0.2, 0.25) is 0 Å². The van der Waals surface area contributed by atoms with Crippen LogP contribution < -0.4 is 5.32 Å². The lowest BCUT2D eigenvalue weighted by atomic mass is 10.1. The highest BCUT2D eigenvalue weighted by atomic mass is 19.3. The van der Waals surface area contributed by atoms with Crippen LogP contribution in [0.25, 0.3) is 11.5 Å². The van der Waals surface area contributed by atoms with E-state index in [1.807, 2.05) is 0 Å². The van der Waals surface area contributed by atoms with Gasteiger partial charge in [0.15, 0.2) is 0 Å². The molecule has 0 aliphatic carbocycles. The Balaban J connectivity index is 1.95. The summed E-state index contributed by atoms with van der Waals surface area (Å²) < 4.78 is 34.8. The summed E-state index contributed by atoms with van der Waals surface area (Å²) >= 11 is 0. The number of halogens is 2. The molecule has 1 amide bonds. The average molecular weight is 325 g/mol. The highest BCUT2D eigenvalue weighted by Gasteiger charge is 2.17. The molecule has 0 radical (unpaired) electrons. The van der Waals surface area contributed by atoms with E-state index in [1.54, 1.807) is 45.0 Å². The zero-order valence-electron chi connectivity index (χ0n) is 13.0. The molecular formula is C15H17F2N3O3. The summed E-state index contributed by atoms with van der Waals surface area (Å²) in [6.07, 6.45) is -3.31. The molecule has 1 aromatic heterocycles. The third-order valence-corrected chi connectivity index (χ3v) is 2.66. The summed E-state index contributed by atoms with van der Waals surface area (Å²) in [4.78, 5) is 11.5. The van der Waals surface area contributed by atoms with Gasteiger partial charge in [-0.1, -0.05) is 12.1 Å². The Morgan fingerprint density at radius 3 is 2.43 bits per heavy atom. The number of benzene rings is 1. The van der Waals surface area contributed by atoms with E-state index in [2.05, 4.69) is 15.5 Å². The first-order chi connectivity index (χ1) is 10.7. The second-order valence-electron chi connectivity index (χ2n) is 5.80. The van der Waals surface area contributed by atoms with E-state index >= 15 is 0 Å². The van der Waals surface area contributed by atoms with Crippen LogP contribution in [0.3, 0.4) is 0 Å². The number of rotatable bonds is 4. The summed E-state index contributed by atoms with van der Waals surface area (Å²) in [7, 11) is 0. The third kappa shape index (κ3) is 5.01. The topological polar surface area (TPSA) is 77.2 Å². The van der Waals surface area contributed by atoms with Crippen LogP contribution in [0.15, 0.2) is 28.7 Å². The van der Waals surface area contributed by atoms with Gasteiger partial charge in [0.1, 0.15) is 5.60 Å². The van der Waals surface area contributed by atoms with E-state index in [-0.39, 0.29) is 12.4 Å². The SMILES string of the molecule is CC(C)(C)OC(=O)NCc1ccc(-c2nnc(C(F)F)o2)cc1. The van der Waals surface area contributed by atoms with E-state index in [0.717, 1.165) is 5.56 Å². The molecule has 1 aromatic carbocycles. The van der Waals surface area contributed by atoms with Crippen LogP contribution in [0.5, 0.6) is 0 Å². The van der Waals surface area contributed by atoms with Crippen molar-refractivity contribution in [3.8, 4) is 11.5 Å². The molecule has 124 valence electrons. The van der Waals surface area contributed by atoms with Gasteiger partial charge in [-0.15, -0.1) is 10.2 Å². The minimum absolute atomic E-state index is 0.0203. The number of carbonyl (C=O) groups excluding carboxylic acids is 1. The summed E-state index contributed by atoms with van der Waals surface area (Å²) in [6.45, 7) is 5.61. The molecule has 0 bridgehead atoms. The fourth-order valence-electron chi connectivity index (χ4n) is 1.69. The number of hydrogen-bond donors (Lipinski definition) is 1. The molecule has 6 nitrogen and oxygen atoms in total. The molecule has 2 rings (SSSR count). The normalized spacial score (nSPS) is 11.6. The maximum Gasteiger partial charge on any atom is 0.407 e. The number of nitrogens with one attached hydrogen (secondary N) is 1. The van der Waals surface area contributed by atoms with Gasteiger partial charge in [-0.25, -0.2) is 4.79 Å².